The van der Waals surface area contributed by atoms with Crippen LogP contribution in [0.5, 0.6) is 11.5 Å². The minimum absolute atomic E-state index is 0.0316. The number of aliphatic imine (C=N–C) groups is 1. The molecule has 0 aliphatic rings. The van der Waals surface area contributed by atoms with Gasteiger partial charge in [0, 0.05) is 11.8 Å². The molecule has 0 heterocycles. The summed E-state index contributed by atoms with van der Waals surface area (Å²) in [5.41, 5.74) is 11.7. The van der Waals surface area contributed by atoms with Crippen molar-refractivity contribution in [3.05, 3.63) is 71.8 Å². The number of hydrogen-bond acceptors (Lipinski definition) is 4. The van der Waals surface area contributed by atoms with Crippen molar-refractivity contribution in [2.24, 2.45) is 16.5 Å². The Balaban J connectivity index is 0.00000139. The average Bonchev–Trinajstić information content (AvgIpc) is 2.63. The number of nitrogens with two attached hydrogens (primary N) is 2. The van der Waals surface area contributed by atoms with Crippen LogP contribution in [-0.4, -0.2) is 5.84 Å². The van der Waals surface area contributed by atoms with E-state index < -0.39 is 0 Å². The van der Waals surface area contributed by atoms with Crippen LogP contribution < -0.4 is 16.2 Å². The van der Waals surface area contributed by atoms with Gasteiger partial charge in [-0.3, -0.25) is 0 Å². The fourth-order valence-corrected chi connectivity index (χ4v) is 1.63. The van der Waals surface area contributed by atoms with Crippen molar-refractivity contribution < 1.29 is 9.13 Å². The van der Waals surface area contributed by atoms with Gasteiger partial charge in [0.05, 0.1) is 0 Å². The lowest BCUT2D eigenvalue weighted by atomic mass is 10.2. The highest BCUT2D eigenvalue weighted by atomic mass is 19.1. The molecule has 0 aliphatic heterocycles. The lowest BCUT2D eigenvalue weighted by Crippen LogP contribution is -2.13. The fraction of sp³-hybridized carbons (Fsp3) is 0.111. The number of nitriles is 1. The molecule has 0 bridgehead atoms. The maximum absolute atomic E-state index is 12.8. The van der Waals surface area contributed by atoms with Crippen molar-refractivity contribution in [2.45, 2.75) is 13.8 Å². The third-order valence-corrected chi connectivity index (χ3v) is 2.71. The number of benzene rings is 2. The zero-order valence-electron chi connectivity index (χ0n) is 13.5. The molecule has 0 aliphatic carbocycles. The molecule has 2 rings (SSSR count). The van der Waals surface area contributed by atoms with Gasteiger partial charge in [-0.15, -0.1) is 0 Å². The molecule has 24 heavy (non-hydrogen) atoms. The summed E-state index contributed by atoms with van der Waals surface area (Å²) in [5.74, 6) is 0.936. The lowest BCUT2D eigenvalue weighted by Gasteiger charge is -2.06. The molecule has 124 valence electrons. The summed E-state index contributed by atoms with van der Waals surface area (Å²) in [5, 5.41) is 8.74. The van der Waals surface area contributed by atoms with Gasteiger partial charge in [0.1, 0.15) is 29.2 Å². The standard InChI is InChI=1S/C16H13FN4O.C2H6/c17-12-3-7-15(8-4-12)22-14-5-1-11(2-6-14)16(20)21-13(9-18)10-19;1-2/h1-9H,18H2,(H2,20,21);1-2H3/b13-9-;. The van der Waals surface area contributed by atoms with Crippen molar-refractivity contribution in [1.29, 1.82) is 5.26 Å². The van der Waals surface area contributed by atoms with Gasteiger partial charge in [-0.1, -0.05) is 13.8 Å². The Morgan fingerprint density at radius 1 is 1.08 bits per heavy atom. The molecule has 0 amide bonds. The normalized spacial score (nSPS) is 11.1. The molecule has 4 N–H and O–H groups in total. The van der Waals surface area contributed by atoms with Crippen LogP contribution in [0.15, 0.2) is 65.4 Å². The molecule has 2 aromatic carbocycles. The summed E-state index contributed by atoms with van der Waals surface area (Å²) in [4.78, 5) is 3.89. The molecule has 0 radical (unpaired) electrons. The number of halogens is 1. The predicted octanol–water partition coefficient (Wildman–Crippen LogP) is 3.67. The van der Waals surface area contributed by atoms with Crippen molar-refractivity contribution in [3.8, 4) is 17.6 Å². The molecule has 0 fully saturated rings. The minimum Gasteiger partial charge on any atom is -0.457 e. The van der Waals surface area contributed by atoms with Crippen LogP contribution in [0.25, 0.3) is 0 Å². The highest BCUT2D eigenvalue weighted by Gasteiger charge is 2.02. The summed E-state index contributed by atoms with van der Waals surface area (Å²) in [6.45, 7) is 4.00. The molecule has 5 nitrogen and oxygen atoms in total. The quantitative estimate of drug-likeness (QED) is 0.509. The second kappa shape index (κ2) is 9.64. The molecule has 0 aromatic heterocycles. The smallest absolute Gasteiger partial charge is 0.158 e. The first-order chi connectivity index (χ1) is 11.6. The summed E-state index contributed by atoms with van der Waals surface area (Å²) in [6.07, 6.45) is 1.08. The topological polar surface area (TPSA) is 97.4 Å². The Labute approximate surface area is 140 Å². The first kappa shape index (κ1) is 18.7. The molecule has 2 aromatic rings. The Bertz CT molecular complexity index is 744. The van der Waals surface area contributed by atoms with E-state index in [1.807, 2.05) is 19.9 Å². The van der Waals surface area contributed by atoms with Crippen molar-refractivity contribution >= 4 is 5.84 Å². The van der Waals surface area contributed by atoms with Gasteiger partial charge in [-0.05, 0) is 48.5 Å². The third kappa shape index (κ3) is 5.46. The number of hydrogen-bond donors (Lipinski definition) is 2. The SMILES string of the molecule is CC.N#C/C(=C/N)N=C(N)c1ccc(Oc2ccc(F)cc2)cc1. The largest absolute Gasteiger partial charge is 0.457 e. The second-order valence-corrected chi connectivity index (χ2v) is 4.24. The molecule has 0 spiro atoms. The number of ether oxygens (including phenoxy) is 1. The Morgan fingerprint density at radius 2 is 1.58 bits per heavy atom. The minimum atomic E-state index is -0.326. The van der Waals surface area contributed by atoms with E-state index in [1.54, 1.807) is 24.3 Å². The van der Waals surface area contributed by atoms with Crippen LogP contribution in [0.4, 0.5) is 4.39 Å². The van der Waals surface area contributed by atoms with E-state index >= 15 is 0 Å². The molecular weight excluding hydrogens is 307 g/mol. The lowest BCUT2D eigenvalue weighted by molar-refractivity contribution is 0.480. The number of rotatable bonds is 4. The van der Waals surface area contributed by atoms with E-state index in [-0.39, 0.29) is 17.3 Å². The van der Waals surface area contributed by atoms with Crippen LogP contribution in [0.3, 0.4) is 0 Å². The summed E-state index contributed by atoms with van der Waals surface area (Å²) >= 11 is 0. The maximum atomic E-state index is 12.8. The van der Waals surface area contributed by atoms with Gasteiger partial charge >= 0.3 is 0 Å². The van der Waals surface area contributed by atoms with E-state index in [0.29, 0.717) is 17.1 Å². The number of allylic oxidation sites excluding steroid dienone is 1. The van der Waals surface area contributed by atoms with Gasteiger partial charge in [0.25, 0.3) is 0 Å². The number of nitrogens with zero attached hydrogens (tertiary/aromatic N) is 2. The van der Waals surface area contributed by atoms with Crippen LogP contribution in [0, 0.1) is 17.1 Å². The molecule has 0 saturated carbocycles. The van der Waals surface area contributed by atoms with Gasteiger partial charge < -0.3 is 16.2 Å². The summed E-state index contributed by atoms with van der Waals surface area (Å²) in [6, 6.07) is 14.3. The van der Waals surface area contributed by atoms with Gasteiger partial charge in [-0.2, -0.15) is 5.26 Å². The van der Waals surface area contributed by atoms with E-state index in [2.05, 4.69) is 4.99 Å². The van der Waals surface area contributed by atoms with Crippen LogP contribution in [-0.2, 0) is 0 Å². The molecule has 0 saturated heterocycles. The van der Waals surface area contributed by atoms with Crippen molar-refractivity contribution in [1.82, 2.24) is 0 Å². The monoisotopic (exact) mass is 326 g/mol. The average molecular weight is 326 g/mol. The molecule has 0 unspecified atom stereocenters. The van der Waals surface area contributed by atoms with Gasteiger partial charge in [0.15, 0.2) is 5.70 Å². The molecular formula is C18H19FN4O. The maximum Gasteiger partial charge on any atom is 0.158 e. The van der Waals surface area contributed by atoms with Gasteiger partial charge in [0.2, 0.25) is 0 Å². The van der Waals surface area contributed by atoms with E-state index in [9.17, 15) is 4.39 Å². The fourth-order valence-electron chi connectivity index (χ4n) is 1.63. The molecule has 0 atom stereocenters. The predicted molar refractivity (Wildman–Crippen MR) is 92.9 cm³/mol. The second-order valence-electron chi connectivity index (χ2n) is 4.24. The van der Waals surface area contributed by atoms with Crippen LogP contribution in [0.1, 0.15) is 19.4 Å². The van der Waals surface area contributed by atoms with Crippen molar-refractivity contribution in [2.75, 3.05) is 0 Å². The first-order valence-electron chi connectivity index (χ1n) is 7.32. The third-order valence-electron chi connectivity index (χ3n) is 2.71. The van der Waals surface area contributed by atoms with E-state index in [4.69, 9.17) is 21.5 Å². The summed E-state index contributed by atoms with van der Waals surface area (Å²) in [7, 11) is 0. The Kier molecular flexibility index (Phi) is 7.52. The van der Waals surface area contributed by atoms with E-state index in [1.165, 1.54) is 24.3 Å². The Morgan fingerprint density at radius 3 is 2.04 bits per heavy atom. The zero-order chi connectivity index (χ0) is 17.9. The van der Waals surface area contributed by atoms with Gasteiger partial charge in [-0.25, -0.2) is 9.38 Å². The highest BCUT2D eigenvalue weighted by molar-refractivity contribution is 5.98. The van der Waals surface area contributed by atoms with Crippen LogP contribution >= 0.6 is 0 Å². The highest BCUT2D eigenvalue weighted by Crippen LogP contribution is 2.21. The van der Waals surface area contributed by atoms with Crippen LogP contribution in [0.2, 0.25) is 0 Å². The molecule has 6 heteroatoms. The number of amidine groups is 1. The zero-order valence-corrected chi connectivity index (χ0v) is 13.5. The Hall–Kier alpha value is -3.33. The van der Waals surface area contributed by atoms with Crippen molar-refractivity contribution in [3.63, 3.8) is 0 Å². The first-order valence-corrected chi connectivity index (χ1v) is 7.32. The summed E-state index contributed by atoms with van der Waals surface area (Å²) < 4.78 is 18.4. The van der Waals surface area contributed by atoms with E-state index in [0.717, 1.165) is 6.20 Å².